The van der Waals surface area contributed by atoms with Gasteiger partial charge in [-0.1, -0.05) is 0 Å². The molecule has 0 saturated carbocycles. The Bertz CT molecular complexity index is 504. The first-order valence-electron chi connectivity index (χ1n) is 6.03. The second-order valence-electron chi connectivity index (χ2n) is 4.47. The highest BCUT2D eigenvalue weighted by Gasteiger charge is 2.08. The molecule has 0 fully saturated rings. The van der Waals surface area contributed by atoms with E-state index >= 15 is 0 Å². The topological polar surface area (TPSA) is 81.0 Å². The monoisotopic (exact) mass is 261 g/mol. The number of carbonyl (C=O) groups excluding carboxylic acids is 1. The maximum absolute atomic E-state index is 11.3. The maximum atomic E-state index is 11.3. The lowest BCUT2D eigenvalue weighted by Crippen LogP contribution is -2.37. The van der Waals surface area contributed by atoms with Gasteiger partial charge in [0, 0.05) is 32.9 Å². The highest BCUT2D eigenvalue weighted by Crippen LogP contribution is 2.16. The van der Waals surface area contributed by atoms with Crippen molar-refractivity contribution in [1.29, 1.82) is 5.26 Å². The molecule has 0 aliphatic carbocycles. The molecular weight excluding hydrogens is 242 g/mol. The number of rotatable bonds is 4. The average Bonchev–Trinajstić information content (AvgIpc) is 2.33. The SMILES string of the molecule is Cc1cc(C)c(C#N)c(NCCNC(=O)N(C)C)n1. The van der Waals surface area contributed by atoms with E-state index in [9.17, 15) is 4.79 Å². The van der Waals surface area contributed by atoms with Gasteiger partial charge in [0.05, 0.1) is 5.56 Å². The molecule has 0 bridgehead atoms. The van der Waals surface area contributed by atoms with Crippen LogP contribution in [0.4, 0.5) is 10.6 Å². The molecule has 0 unspecified atom stereocenters. The normalized spacial score (nSPS) is 9.63. The van der Waals surface area contributed by atoms with Crippen molar-refractivity contribution < 1.29 is 4.79 Å². The number of hydrogen-bond acceptors (Lipinski definition) is 4. The second kappa shape index (κ2) is 6.59. The summed E-state index contributed by atoms with van der Waals surface area (Å²) in [7, 11) is 3.37. The lowest BCUT2D eigenvalue weighted by atomic mass is 10.1. The first kappa shape index (κ1) is 14.8. The zero-order valence-corrected chi connectivity index (χ0v) is 11.7. The molecule has 0 aliphatic rings. The molecule has 1 heterocycles. The summed E-state index contributed by atoms with van der Waals surface area (Å²) in [6.07, 6.45) is 0. The number of nitrogens with zero attached hydrogens (tertiary/aromatic N) is 3. The molecule has 19 heavy (non-hydrogen) atoms. The van der Waals surface area contributed by atoms with Crippen LogP contribution < -0.4 is 10.6 Å². The number of aryl methyl sites for hydroxylation is 2. The Morgan fingerprint density at radius 1 is 1.42 bits per heavy atom. The van der Waals surface area contributed by atoms with Crippen molar-refractivity contribution in [2.24, 2.45) is 0 Å². The van der Waals surface area contributed by atoms with E-state index in [1.54, 1.807) is 14.1 Å². The van der Waals surface area contributed by atoms with Gasteiger partial charge in [0.15, 0.2) is 0 Å². The number of nitrogens with one attached hydrogen (secondary N) is 2. The number of anilines is 1. The quantitative estimate of drug-likeness (QED) is 0.799. The van der Waals surface area contributed by atoms with E-state index in [0.29, 0.717) is 24.5 Å². The summed E-state index contributed by atoms with van der Waals surface area (Å²) in [5.74, 6) is 0.569. The molecule has 0 atom stereocenters. The van der Waals surface area contributed by atoms with Crippen LogP contribution in [-0.2, 0) is 0 Å². The van der Waals surface area contributed by atoms with E-state index in [4.69, 9.17) is 5.26 Å². The first-order chi connectivity index (χ1) is 8.95. The minimum atomic E-state index is -0.143. The van der Waals surface area contributed by atoms with Crippen LogP contribution in [0.25, 0.3) is 0 Å². The van der Waals surface area contributed by atoms with E-state index < -0.39 is 0 Å². The van der Waals surface area contributed by atoms with Crippen LogP contribution in [0.15, 0.2) is 6.07 Å². The first-order valence-corrected chi connectivity index (χ1v) is 6.03. The van der Waals surface area contributed by atoms with E-state index in [1.807, 2.05) is 19.9 Å². The highest BCUT2D eigenvalue weighted by molar-refractivity contribution is 5.73. The Balaban J connectivity index is 2.59. The van der Waals surface area contributed by atoms with Crippen LogP contribution in [0, 0.1) is 25.2 Å². The molecular formula is C13H19N5O. The average molecular weight is 261 g/mol. The predicted octanol–water partition coefficient (Wildman–Crippen LogP) is 1.25. The molecule has 0 aromatic carbocycles. The fourth-order valence-corrected chi connectivity index (χ4v) is 1.61. The second-order valence-corrected chi connectivity index (χ2v) is 4.47. The standard InChI is InChI=1S/C13H19N5O/c1-9-7-10(2)17-12(11(9)8-14)15-5-6-16-13(19)18(3)4/h7H,5-6H2,1-4H3,(H,15,17)(H,16,19). The summed E-state index contributed by atoms with van der Waals surface area (Å²) in [4.78, 5) is 17.1. The summed E-state index contributed by atoms with van der Waals surface area (Å²) >= 11 is 0. The van der Waals surface area contributed by atoms with E-state index in [2.05, 4.69) is 21.7 Å². The minimum Gasteiger partial charge on any atom is -0.367 e. The molecule has 0 radical (unpaired) electrons. The van der Waals surface area contributed by atoms with Gasteiger partial charge in [0.2, 0.25) is 0 Å². The molecule has 1 aromatic heterocycles. The number of carbonyl (C=O) groups is 1. The van der Waals surface area contributed by atoms with Crippen LogP contribution in [0.1, 0.15) is 16.8 Å². The Kier molecular flexibility index (Phi) is 5.12. The van der Waals surface area contributed by atoms with Crippen LogP contribution >= 0.6 is 0 Å². The summed E-state index contributed by atoms with van der Waals surface area (Å²) in [6, 6.07) is 3.87. The largest absolute Gasteiger partial charge is 0.367 e. The summed E-state index contributed by atoms with van der Waals surface area (Å²) in [6.45, 7) is 4.75. The number of urea groups is 1. The number of aromatic nitrogens is 1. The third-order valence-electron chi connectivity index (χ3n) is 2.56. The van der Waals surface area contributed by atoms with Gasteiger partial charge >= 0.3 is 6.03 Å². The van der Waals surface area contributed by atoms with Crippen LogP contribution in [-0.4, -0.2) is 43.1 Å². The lowest BCUT2D eigenvalue weighted by molar-refractivity contribution is 0.218. The van der Waals surface area contributed by atoms with E-state index in [-0.39, 0.29) is 6.03 Å². The Hall–Kier alpha value is -2.29. The van der Waals surface area contributed by atoms with Crippen molar-refractivity contribution in [3.05, 3.63) is 22.9 Å². The lowest BCUT2D eigenvalue weighted by Gasteiger charge is -2.13. The van der Waals surface area contributed by atoms with Gasteiger partial charge in [-0.15, -0.1) is 0 Å². The zero-order chi connectivity index (χ0) is 14.4. The number of hydrogen-bond donors (Lipinski definition) is 2. The summed E-state index contributed by atoms with van der Waals surface area (Å²) < 4.78 is 0. The summed E-state index contributed by atoms with van der Waals surface area (Å²) in [5.41, 5.74) is 2.30. The van der Waals surface area contributed by atoms with Crippen molar-refractivity contribution in [3.63, 3.8) is 0 Å². The number of pyridine rings is 1. The van der Waals surface area contributed by atoms with Crippen molar-refractivity contribution in [1.82, 2.24) is 15.2 Å². The fourth-order valence-electron chi connectivity index (χ4n) is 1.61. The molecule has 6 heteroatoms. The summed E-state index contributed by atoms with van der Waals surface area (Å²) in [5, 5.41) is 14.9. The maximum Gasteiger partial charge on any atom is 0.316 e. The van der Waals surface area contributed by atoms with Gasteiger partial charge in [-0.05, 0) is 25.5 Å². The molecule has 0 aliphatic heterocycles. The van der Waals surface area contributed by atoms with E-state index in [1.165, 1.54) is 4.90 Å². The minimum absolute atomic E-state index is 0.143. The Labute approximate surface area is 113 Å². The highest BCUT2D eigenvalue weighted by atomic mass is 16.2. The van der Waals surface area contributed by atoms with Crippen molar-refractivity contribution in [2.45, 2.75) is 13.8 Å². The molecule has 2 N–H and O–H groups in total. The van der Waals surface area contributed by atoms with E-state index in [0.717, 1.165) is 11.3 Å². The molecule has 102 valence electrons. The smallest absolute Gasteiger partial charge is 0.316 e. The van der Waals surface area contributed by atoms with Gasteiger partial charge < -0.3 is 15.5 Å². The number of nitriles is 1. The molecule has 6 nitrogen and oxygen atoms in total. The molecule has 1 rings (SSSR count). The third kappa shape index (κ3) is 4.14. The van der Waals surface area contributed by atoms with Gasteiger partial charge in [-0.3, -0.25) is 0 Å². The van der Waals surface area contributed by atoms with Gasteiger partial charge in [-0.25, -0.2) is 9.78 Å². The van der Waals surface area contributed by atoms with Crippen molar-refractivity contribution in [2.75, 3.05) is 32.5 Å². The predicted molar refractivity (Wildman–Crippen MR) is 74.0 cm³/mol. The third-order valence-corrected chi connectivity index (χ3v) is 2.56. The van der Waals surface area contributed by atoms with Crippen molar-refractivity contribution >= 4 is 11.8 Å². The number of amides is 2. The fraction of sp³-hybridized carbons (Fsp3) is 0.462. The van der Waals surface area contributed by atoms with Crippen LogP contribution in [0.2, 0.25) is 0 Å². The Morgan fingerprint density at radius 2 is 2.11 bits per heavy atom. The molecule has 0 spiro atoms. The molecule has 1 aromatic rings. The van der Waals surface area contributed by atoms with Gasteiger partial charge in [0.25, 0.3) is 0 Å². The van der Waals surface area contributed by atoms with Gasteiger partial charge in [-0.2, -0.15) is 5.26 Å². The molecule has 0 saturated heterocycles. The van der Waals surface area contributed by atoms with Crippen LogP contribution in [0.3, 0.4) is 0 Å². The Morgan fingerprint density at radius 3 is 2.68 bits per heavy atom. The zero-order valence-electron chi connectivity index (χ0n) is 11.7. The van der Waals surface area contributed by atoms with Crippen molar-refractivity contribution in [3.8, 4) is 6.07 Å². The van der Waals surface area contributed by atoms with Crippen LogP contribution in [0.5, 0.6) is 0 Å². The van der Waals surface area contributed by atoms with Gasteiger partial charge in [0.1, 0.15) is 11.9 Å². The molecule has 2 amide bonds.